The topological polar surface area (TPSA) is 61.6 Å². The molecule has 0 radical (unpaired) electrons. The summed E-state index contributed by atoms with van der Waals surface area (Å²) in [6, 6.07) is 10.7. The standard InChI is InChI=1S/C21H24FN7/c1-23-21(26-15-17-3-2-8-25-20(17)29-10-9-24-16-29)28-13-11-27(12-14-28)19-6-4-18(22)5-7-19/h2-10,16H,11-15H2,1H3,(H,23,26). The Morgan fingerprint density at radius 1 is 1.10 bits per heavy atom. The number of piperazine rings is 1. The van der Waals surface area contributed by atoms with Gasteiger partial charge in [0.25, 0.3) is 0 Å². The van der Waals surface area contributed by atoms with Crippen LogP contribution in [-0.4, -0.2) is 58.6 Å². The highest BCUT2D eigenvalue weighted by atomic mass is 19.1. The Bertz CT molecular complexity index is 945. The fourth-order valence-corrected chi connectivity index (χ4v) is 3.52. The lowest BCUT2D eigenvalue weighted by molar-refractivity contribution is 0.372. The maximum atomic E-state index is 13.2. The number of hydrogen-bond acceptors (Lipinski definition) is 4. The number of halogens is 1. The molecular formula is C21H24FN7. The molecule has 1 fully saturated rings. The molecule has 0 saturated carbocycles. The molecule has 0 bridgehead atoms. The van der Waals surface area contributed by atoms with Crippen LogP contribution < -0.4 is 10.2 Å². The number of hydrogen-bond donors (Lipinski definition) is 1. The first kappa shape index (κ1) is 18.9. The second kappa shape index (κ2) is 8.72. The summed E-state index contributed by atoms with van der Waals surface area (Å²) in [6.45, 7) is 4.03. The monoisotopic (exact) mass is 393 g/mol. The van der Waals surface area contributed by atoms with Crippen molar-refractivity contribution in [1.29, 1.82) is 0 Å². The number of nitrogens with one attached hydrogen (secondary N) is 1. The highest BCUT2D eigenvalue weighted by Gasteiger charge is 2.20. The summed E-state index contributed by atoms with van der Waals surface area (Å²) >= 11 is 0. The number of pyridine rings is 1. The number of aliphatic imine (C=N–C) groups is 1. The molecule has 3 aromatic rings. The van der Waals surface area contributed by atoms with Crippen LogP contribution in [0.1, 0.15) is 5.56 Å². The van der Waals surface area contributed by atoms with Gasteiger partial charge in [0, 0.05) is 69.6 Å². The van der Waals surface area contributed by atoms with Crippen LogP contribution in [0.5, 0.6) is 0 Å². The Balaban J connectivity index is 1.37. The van der Waals surface area contributed by atoms with Crippen LogP contribution in [0.15, 0.2) is 66.3 Å². The van der Waals surface area contributed by atoms with Gasteiger partial charge >= 0.3 is 0 Å². The van der Waals surface area contributed by atoms with Crippen molar-refractivity contribution in [3.63, 3.8) is 0 Å². The van der Waals surface area contributed by atoms with Gasteiger partial charge in [0.05, 0.1) is 0 Å². The minimum absolute atomic E-state index is 0.206. The molecule has 0 aliphatic carbocycles. The zero-order chi connectivity index (χ0) is 20.1. The molecule has 1 aliphatic rings. The first-order valence-corrected chi connectivity index (χ1v) is 9.63. The lowest BCUT2D eigenvalue weighted by Gasteiger charge is -2.37. The molecule has 0 atom stereocenters. The van der Waals surface area contributed by atoms with E-state index in [-0.39, 0.29) is 5.82 Å². The van der Waals surface area contributed by atoms with Crippen molar-refractivity contribution in [1.82, 2.24) is 24.8 Å². The van der Waals surface area contributed by atoms with Crippen molar-refractivity contribution in [2.75, 3.05) is 38.1 Å². The van der Waals surface area contributed by atoms with E-state index in [0.29, 0.717) is 6.54 Å². The van der Waals surface area contributed by atoms with E-state index in [2.05, 4.69) is 36.1 Å². The van der Waals surface area contributed by atoms with E-state index in [9.17, 15) is 4.39 Å². The minimum Gasteiger partial charge on any atom is -0.368 e. The van der Waals surface area contributed by atoms with E-state index in [1.165, 1.54) is 12.1 Å². The molecule has 1 aliphatic heterocycles. The van der Waals surface area contributed by atoms with Gasteiger partial charge in [-0.15, -0.1) is 0 Å². The average molecular weight is 393 g/mol. The molecule has 2 aromatic heterocycles. The Morgan fingerprint density at radius 3 is 2.59 bits per heavy atom. The van der Waals surface area contributed by atoms with Crippen molar-refractivity contribution in [3.05, 3.63) is 72.7 Å². The van der Waals surface area contributed by atoms with Gasteiger partial charge in [0.15, 0.2) is 5.96 Å². The summed E-state index contributed by atoms with van der Waals surface area (Å²) in [6.07, 6.45) is 7.15. The molecule has 8 heteroatoms. The predicted molar refractivity (Wildman–Crippen MR) is 112 cm³/mol. The first-order valence-electron chi connectivity index (χ1n) is 9.63. The fraction of sp³-hybridized carbons (Fsp3) is 0.286. The summed E-state index contributed by atoms with van der Waals surface area (Å²) in [5.74, 6) is 1.51. The lowest BCUT2D eigenvalue weighted by Crippen LogP contribution is -2.52. The highest BCUT2D eigenvalue weighted by molar-refractivity contribution is 5.80. The summed E-state index contributed by atoms with van der Waals surface area (Å²) < 4.78 is 15.1. The van der Waals surface area contributed by atoms with E-state index in [4.69, 9.17) is 0 Å². The van der Waals surface area contributed by atoms with Gasteiger partial charge < -0.3 is 15.1 Å². The Kier molecular flexibility index (Phi) is 5.69. The Hall–Kier alpha value is -3.42. The number of anilines is 1. The fourth-order valence-electron chi connectivity index (χ4n) is 3.52. The predicted octanol–water partition coefficient (Wildman–Crippen LogP) is 2.30. The zero-order valence-corrected chi connectivity index (χ0v) is 16.4. The van der Waals surface area contributed by atoms with Crippen molar-refractivity contribution >= 4 is 11.6 Å². The smallest absolute Gasteiger partial charge is 0.194 e. The van der Waals surface area contributed by atoms with E-state index < -0.39 is 0 Å². The van der Waals surface area contributed by atoms with Gasteiger partial charge in [-0.1, -0.05) is 6.07 Å². The summed E-state index contributed by atoms with van der Waals surface area (Å²) in [4.78, 5) is 17.6. The van der Waals surface area contributed by atoms with Crippen LogP contribution in [0.25, 0.3) is 5.82 Å². The number of imidazole rings is 1. The van der Waals surface area contributed by atoms with E-state index >= 15 is 0 Å². The van der Waals surface area contributed by atoms with E-state index in [1.54, 1.807) is 25.8 Å². The van der Waals surface area contributed by atoms with Gasteiger partial charge in [-0.2, -0.15) is 0 Å². The summed E-state index contributed by atoms with van der Waals surface area (Å²) in [5, 5.41) is 3.45. The molecule has 29 heavy (non-hydrogen) atoms. The quantitative estimate of drug-likeness (QED) is 0.544. The van der Waals surface area contributed by atoms with Crippen molar-refractivity contribution in [2.24, 2.45) is 4.99 Å². The maximum Gasteiger partial charge on any atom is 0.194 e. The number of aromatic nitrogens is 3. The molecule has 1 N–H and O–H groups in total. The molecule has 1 saturated heterocycles. The summed E-state index contributed by atoms with van der Waals surface area (Å²) in [7, 11) is 1.80. The zero-order valence-electron chi connectivity index (χ0n) is 16.4. The third-order valence-corrected chi connectivity index (χ3v) is 5.04. The SMILES string of the molecule is CN=C(NCc1cccnc1-n1ccnc1)N1CCN(c2ccc(F)cc2)CC1. The molecule has 4 rings (SSSR count). The Labute approximate surface area is 169 Å². The number of benzene rings is 1. The number of nitrogens with zero attached hydrogens (tertiary/aromatic N) is 6. The number of guanidine groups is 1. The van der Waals surface area contributed by atoms with Crippen LogP contribution in [0.2, 0.25) is 0 Å². The molecule has 150 valence electrons. The van der Waals surface area contributed by atoms with Crippen LogP contribution in [-0.2, 0) is 6.54 Å². The van der Waals surface area contributed by atoms with Crippen LogP contribution >= 0.6 is 0 Å². The van der Waals surface area contributed by atoms with Crippen LogP contribution in [0, 0.1) is 5.82 Å². The van der Waals surface area contributed by atoms with Crippen LogP contribution in [0.4, 0.5) is 10.1 Å². The highest BCUT2D eigenvalue weighted by Crippen LogP contribution is 2.17. The van der Waals surface area contributed by atoms with Crippen molar-refractivity contribution < 1.29 is 4.39 Å². The number of rotatable bonds is 4. The minimum atomic E-state index is -0.206. The molecular weight excluding hydrogens is 369 g/mol. The largest absolute Gasteiger partial charge is 0.368 e. The molecule has 1 aromatic carbocycles. The third kappa shape index (κ3) is 4.37. The van der Waals surface area contributed by atoms with Crippen LogP contribution in [0.3, 0.4) is 0 Å². The van der Waals surface area contributed by atoms with E-state index in [0.717, 1.165) is 49.2 Å². The maximum absolute atomic E-state index is 13.2. The average Bonchev–Trinajstić information content (AvgIpc) is 3.30. The summed E-state index contributed by atoms with van der Waals surface area (Å²) in [5.41, 5.74) is 2.12. The third-order valence-electron chi connectivity index (χ3n) is 5.04. The molecule has 0 unspecified atom stereocenters. The van der Waals surface area contributed by atoms with E-state index in [1.807, 2.05) is 29.0 Å². The molecule has 3 heterocycles. The molecule has 0 amide bonds. The normalized spacial score (nSPS) is 14.9. The van der Waals surface area contributed by atoms with Gasteiger partial charge in [-0.05, 0) is 30.3 Å². The first-order chi connectivity index (χ1) is 14.2. The lowest BCUT2D eigenvalue weighted by atomic mass is 10.2. The van der Waals surface area contributed by atoms with Gasteiger partial charge in [-0.3, -0.25) is 9.56 Å². The Morgan fingerprint density at radius 2 is 1.90 bits per heavy atom. The second-order valence-corrected chi connectivity index (χ2v) is 6.81. The van der Waals surface area contributed by atoms with Gasteiger partial charge in [0.2, 0.25) is 0 Å². The van der Waals surface area contributed by atoms with Crippen molar-refractivity contribution in [2.45, 2.75) is 6.54 Å². The molecule has 0 spiro atoms. The van der Waals surface area contributed by atoms with Gasteiger partial charge in [-0.25, -0.2) is 14.4 Å². The molecule has 7 nitrogen and oxygen atoms in total. The second-order valence-electron chi connectivity index (χ2n) is 6.81. The van der Waals surface area contributed by atoms with Crippen molar-refractivity contribution in [3.8, 4) is 5.82 Å². The van der Waals surface area contributed by atoms with Gasteiger partial charge in [0.1, 0.15) is 18.0 Å².